The molecule has 9 aromatic rings. The molecule has 0 aliphatic rings. The summed E-state index contributed by atoms with van der Waals surface area (Å²) in [6, 6.07) is 57.9. The van der Waals surface area contributed by atoms with Gasteiger partial charge in [0.25, 0.3) is 0 Å². The molecule has 2 heterocycles. The van der Waals surface area contributed by atoms with Gasteiger partial charge in [0.05, 0.1) is 22.2 Å². The van der Waals surface area contributed by atoms with E-state index in [1.807, 2.05) is 24.3 Å². The standard InChI is InChI=1S/C42H27N3/c1-2-12-29(13-3-1)42-43-38-19-9-6-18-37(38)41(44-42)36-27-26-31(32-14-4-5-15-33(32)36)28-22-24-30(25-23-28)45-39-20-10-7-16-34(39)35-17-8-11-21-40(35)45/h1-27H. The van der Waals surface area contributed by atoms with Crippen LogP contribution in [0.15, 0.2) is 164 Å². The smallest absolute Gasteiger partial charge is 0.160 e. The van der Waals surface area contributed by atoms with Crippen molar-refractivity contribution in [2.75, 3.05) is 0 Å². The van der Waals surface area contributed by atoms with Gasteiger partial charge in [-0.15, -0.1) is 0 Å². The largest absolute Gasteiger partial charge is 0.309 e. The van der Waals surface area contributed by atoms with Crippen molar-refractivity contribution < 1.29 is 0 Å². The van der Waals surface area contributed by atoms with Crippen LogP contribution in [0, 0.1) is 0 Å². The Balaban J connectivity index is 1.20. The van der Waals surface area contributed by atoms with Crippen LogP contribution < -0.4 is 0 Å². The lowest BCUT2D eigenvalue weighted by atomic mass is 9.92. The Morgan fingerprint density at radius 3 is 1.58 bits per heavy atom. The fourth-order valence-corrected chi connectivity index (χ4v) is 6.75. The third kappa shape index (κ3) is 4.13. The van der Waals surface area contributed by atoms with Crippen molar-refractivity contribution >= 4 is 43.5 Å². The first-order valence-electron chi connectivity index (χ1n) is 15.3. The fourth-order valence-electron chi connectivity index (χ4n) is 6.75. The van der Waals surface area contributed by atoms with E-state index < -0.39 is 0 Å². The second-order valence-corrected chi connectivity index (χ2v) is 11.4. The minimum absolute atomic E-state index is 0.734. The van der Waals surface area contributed by atoms with Crippen LogP contribution in [0.5, 0.6) is 0 Å². The molecule has 0 aliphatic carbocycles. The topological polar surface area (TPSA) is 30.7 Å². The van der Waals surface area contributed by atoms with Crippen molar-refractivity contribution in [1.29, 1.82) is 0 Å². The fraction of sp³-hybridized carbons (Fsp3) is 0. The molecule has 0 radical (unpaired) electrons. The maximum absolute atomic E-state index is 5.17. The summed E-state index contributed by atoms with van der Waals surface area (Å²) in [6.07, 6.45) is 0. The number of benzene rings is 7. The quantitative estimate of drug-likeness (QED) is 0.210. The molecule has 45 heavy (non-hydrogen) atoms. The molecule has 210 valence electrons. The molecule has 0 fully saturated rings. The van der Waals surface area contributed by atoms with Gasteiger partial charge in [-0.05, 0) is 52.2 Å². The summed E-state index contributed by atoms with van der Waals surface area (Å²) in [6.45, 7) is 0. The van der Waals surface area contributed by atoms with Crippen LogP contribution in [0.25, 0.3) is 82.9 Å². The van der Waals surface area contributed by atoms with E-state index in [2.05, 4.69) is 144 Å². The molecule has 0 unspecified atom stereocenters. The van der Waals surface area contributed by atoms with Gasteiger partial charge >= 0.3 is 0 Å². The van der Waals surface area contributed by atoms with Gasteiger partial charge in [0.15, 0.2) is 5.82 Å². The normalized spacial score (nSPS) is 11.6. The van der Waals surface area contributed by atoms with E-state index in [-0.39, 0.29) is 0 Å². The number of para-hydroxylation sites is 3. The summed E-state index contributed by atoms with van der Waals surface area (Å²) >= 11 is 0. The highest BCUT2D eigenvalue weighted by Crippen LogP contribution is 2.39. The number of hydrogen-bond donors (Lipinski definition) is 0. The highest BCUT2D eigenvalue weighted by atomic mass is 15.0. The monoisotopic (exact) mass is 573 g/mol. The van der Waals surface area contributed by atoms with E-state index >= 15 is 0 Å². The second kappa shape index (κ2) is 10.3. The van der Waals surface area contributed by atoms with Crippen LogP contribution >= 0.6 is 0 Å². The summed E-state index contributed by atoms with van der Waals surface area (Å²) < 4.78 is 2.36. The van der Waals surface area contributed by atoms with Crippen molar-refractivity contribution in [2.24, 2.45) is 0 Å². The molecular weight excluding hydrogens is 546 g/mol. The molecule has 3 nitrogen and oxygen atoms in total. The van der Waals surface area contributed by atoms with Gasteiger partial charge in [0.1, 0.15) is 0 Å². The molecule has 0 bridgehead atoms. The minimum Gasteiger partial charge on any atom is -0.309 e. The Morgan fingerprint density at radius 1 is 0.356 bits per heavy atom. The average Bonchev–Trinajstić information content (AvgIpc) is 3.46. The molecule has 2 aromatic heterocycles. The van der Waals surface area contributed by atoms with Crippen molar-refractivity contribution in [3.8, 4) is 39.5 Å². The lowest BCUT2D eigenvalue weighted by molar-refractivity contribution is 1.18. The van der Waals surface area contributed by atoms with Gasteiger partial charge in [0.2, 0.25) is 0 Å². The van der Waals surface area contributed by atoms with Crippen LogP contribution in [0.3, 0.4) is 0 Å². The Labute approximate surface area is 260 Å². The second-order valence-electron chi connectivity index (χ2n) is 11.4. The summed E-state index contributed by atoms with van der Waals surface area (Å²) in [5.41, 5.74) is 9.96. The zero-order chi connectivity index (χ0) is 29.7. The SMILES string of the molecule is c1ccc(-c2nc(-c3ccc(-c4ccc(-n5c6ccccc6c6ccccc65)cc4)c4ccccc34)c3ccccc3n2)cc1. The van der Waals surface area contributed by atoms with Crippen LogP contribution in [-0.4, -0.2) is 14.5 Å². The van der Waals surface area contributed by atoms with E-state index in [9.17, 15) is 0 Å². The van der Waals surface area contributed by atoms with Crippen LogP contribution in [0.2, 0.25) is 0 Å². The molecule has 0 amide bonds. The number of aromatic nitrogens is 3. The lowest BCUT2D eigenvalue weighted by Gasteiger charge is -2.15. The molecule has 7 aromatic carbocycles. The van der Waals surface area contributed by atoms with Crippen molar-refractivity contribution in [3.63, 3.8) is 0 Å². The Morgan fingerprint density at radius 2 is 0.889 bits per heavy atom. The first-order valence-corrected chi connectivity index (χ1v) is 15.3. The zero-order valence-electron chi connectivity index (χ0n) is 24.4. The lowest BCUT2D eigenvalue weighted by Crippen LogP contribution is -1.96. The number of nitrogens with zero attached hydrogens (tertiary/aromatic N) is 3. The molecular formula is C42H27N3. The van der Waals surface area contributed by atoms with E-state index in [0.717, 1.165) is 39.2 Å². The van der Waals surface area contributed by atoms with Gasteiger partial charge in [-0.25, -0.2) is 9.97 Å². The Bertz CT molecular complexity index is 2470. The molecule has 0 aliphatic heterocycles. The average molecular weight is 574 g/mol. The zero-order valence-corrected chi connectivity index (χ0v) is 24.4. The number of fused-ring (bicyclic) bond motifs is 5. The van der Waals surface area contributed by atoms with E-state index in [0.29, 0.717) is 0 Å². The predicted molar refractivity (Wildman–Crippen MR) is 188 cm³/mol. The number of rotatable bonds is 4. The van der Waals surface area contributed by atoms with Crippen molar-refractivity contribution in [1.82, 2.24) is 14.5 Å². The molecule has 0 atom stereocenters. The predicted octanol–water partition coefficient (Wildman–Crippen LogP) is 10.9. The molecule has 3 heteroatoms. The summed E-state index contributed by atoms with van der Waals surface area (Å²) in [5.74, 6) is 0.734. The molecule has 0 saturated carbocycles. The maximum atomic E-state index is 5.17. The van der Waals surface area contributed by atoms with E-state index in [1.54, 1.807) is 0 Å². The van der Waals surface area contributed by atoms with Crippen molar-refractivity contribution in [3.05, 3.63) is 164 Å². The minimum atomic E-state index is 0.734. The first-order chi connectivity index (χ1) is 22.3. The first kappa shape index (κ1) is 25.4. The number of hydrogen-bond acceptors (Lipinski definition) is 2. The van der Waals surface area contributed by atoms with Gasteiger partial charge < -0.3 is 4.57 Å². The highest BCUT2D eigenvalue weighted by Gasteiger charge is 2.16. The van der Waals surface area contributed by atoms with E-state index in [1.165, 1.54) is 43.7 Å². The summed E-state index contributed by atoms with van der Waals surface area (Å²) in [7, 11) is 0. The van der Waals surface area contributed by atoms with E-state index in [4.69, 9.17) is 9.97 Å². The van der Waals surface area contributed by atoms with Gasteiger partial charge in [-0.2, -0.15) is 0 Å². The van der Waals surface area contributed by atoms with Gasteiger partial charge in [0, 0.05) is 33.0 Å². The summed E-state index contributed by atoms with van der Waals surface area (Å²) in [4.78, 5) is 10.1. The summed E-state index contributed by atoms with van der Waals surface area (Å²) in [5, 5.41) is 5.95. The third-order valence-corrected chi connectivity index (χ3v) is 8.83. The van der Waals surface area contributed by atoms with Crippen LogP contribution in [-0.2, 0) is 0 Å². The molecule has 0 spiro atoms. The maximum Gasteiger partial charge on any atom is 0.160 e. The Hall–Kier alpha value is -6.06. The van der Waals surface area contributed by atoms with Crippen LogP contribution in [0.4, 0.5) is 0 Å². The third-order valence-electron chi connectivity index (χ3n) is 8.83. The molecule has 0 N–H and O–H groups in total. The van der Waals surface area contributed by atoms with Gasteiger partial charge in [-0.1, -0.05) is 133 Å². The molecule has 9 rings (SSSR count). The van der Waals surface area contributed by atoms with Crippen LogP contribution in [0.1, 0.15) is 0 Å². The highest BCUT2D eigenvalue weighted by molar-refractivity contribution is 6.10. The van der Waals surface area contributed by atoms with Gasteiger partial charge in [-0.3, -0.25) is 0 Å². The Kier molecular flexibility index (Phi) is 5.82. The van der Waals surface area contributed by atoms with Crippen molar-refractivity contribution in [2.45, 2.75) is 0 Å². The molecule has 0 saturated heterocycles.